The average molecular weight is 472 g/mol. The highest BCUT2D eigenvalue weighted by molar-refractivity contribution is 9.10. The highest BCUT2D eigenvalue weighted by Gasteiger charge is 2.33. The van der Waals surface area contributed by atoms with Crippen molar-refractivity contribution in [3.63, 3.8) is 0 Å². The number of urea groups is 1. The minimum Gasteiger partial charge on any atom is -0.399 e. The number of hydrogen-bond donors (Lipinski definition) is 2. The second-order valence-corrected chi connectivity index (χ2v) is 7.69. The van der Waals surface area contributed by atoms with E-state index in [4.69, 9.17) is 4.84 Å². The van der Waals surface area contributed by atoms with E-state index in [1.165, 1.54) is 19.2 Å². The van der Waals surface area contributed by atoms with Gasteiger partial charge in [-0.2, -0.15) is 13.2 Å². The summed E-state index contributed by atoms with van der Waals surface area (Å²) in [5.41, 5.74) is 0.658. The molecule has 0 aliphatic carbocycles. The molecule has 0 radical (unpaired) electrons. The van der Waals surface area contributed by atoms with Crippen molar-refractivity contribution in [2.45, 2.75) is 32.5 Å². The smallest absolute Gasteiger partial charge is 0.399 e. The molecule has 5 nitrogen and oxygen atoms in total. The fourth-order valence-electron chi connectivity index (χ4n) is 2.66. The van der Waals surface area contributed by atoms with Crippen molar-refractivity contribution in [3.05, 3.63) is 63.6 Å². The van der Waals surface area contributed by atoms with Crippen LogP contribution in [-0.2, 0) is 16.6 Å². The lowest BCUT2D eigenvalue weighted by Crippen LogP contribution is -2.43. The van der Waals surface area contributed by atoms with E-state index in [0.717, 1.165) is 17.2 Å². The number of carbonyl (C=O) groups excluding carboxylic acids is 1. The van der Waals surface area contributed by atoms with Crippen molar-refractivity contribution >= 4 is 33.4 Å². The Balaban J connectivity index is 2.18. The van der Waals surface area contributed by atoms with Crippen molar-refractivity contribution in [2.24, 2.45) is 5.16 Å². The number of nitrogens with zero attached hydrogens (tertiary/aromatic N) is 1. The summed E-state index contributed by atoms with van der Waals surface area (Å²) in [4.78, 5) is 17.2. The number of halogens is 4. The van der Waals surface area contributed by atoms with E-state index >= 15 is 0 Å². The summed E-state index contributed by atoms with van der Waals surface area (Å²) in [6.07, 6.45) is -4.53. The van der Waals surface area contributed by atoms with Gasteiger partial charge in [-0.3, -0.25) is 0 Å². The number of carbonyl (C=O) groups is 1. The predicted octanol–water partition coefficient (Wildman–Crippen LogP) is 5.90. The number of oxime groups is 1. The second-order valence-electron chi connectivity index (χ2n) is 6.84. The molecular weight excluding hydrogens is 451 g/mol. The van der Waals surface area contributed by atoms with Crippen LogP contribution in [0.5, 0.6) is 0 Å². The summed E-state index contributed by atoms with van der Waals surface area (Å²) in [6, 6.07) is 10.3. The molecule has 0 unspecified atom stereocenters. The SMILES string of the molecule is CO/N=C(\C)c1cccc(C(C)(C)NC(=O)Nc2ccc(Br)c(C(F)(F)F)c2)c1. The topological polar surface area (TPSA) is 62.7 Å². The van der Waals surface area contributed by atoms with Gasteiger partial charge in [-0.15, -0.1) is 0 Å². The Kier molecular flexibility index (Phi) is 6.94. The van der Waals surface area contributed by atoms with Crippen LogP contribution in [-0.4, -0.2) is 18.9 Å². The molecular formula is C20H21BrF3N3O2. The number of hydrogen-bond acceptors (Lipinski definition) is 3. The van der Waals surface area contributed by atoms with Crippen LogP contribution in [0.15, 0.2) is 52.1 Å². The first-order valence-corrected chi connectivity index (χ1v) is 9.38. The maximum Gasteiger partial charge on any atom is 0.417 e. The molecule has 156 valence electrons. The van der Waals surface area contributed by atoms with Gasteiger partial charge in [-0.25, -0.2) is 4.79 Å². The Morgan fingerprint density at radius 1 is 1.14 bits per heavy atom. The van der Waals surface area contributed by atoms with Gasteiger partial charge in [0.25, 0.3) is 0 Å². The Morgan fingerprint density at radius 2 is 1.83 bits per heavy atom. The van der Waals surface area contributed by atoms with Gasteiger partial charge in [0.1, 0.15) is 7.11 Å². The zero-order chi connectivity index (χ0) is 21.8. The van der Waals surface area contributed by atoms with E-state index in [1.54, 1.807) is 20.8 Å². The van der Waals surface area contributed by atoms with E-state index in [9.17, 15) is 18.0 Å². The van der Waals surface area contributed by atoms with Crippen molar-refractivity contribution in [2.75, 3.05) is 12.4 Å². The Hall–Kier alpha value is -2.55. The van der Waals surface area contributed by atoms with Crippen LogP contribution in [0.25, 0.3) is 0 Å². The molecule has 29 heavy (non-hydrogen) atoms. The normalized spacial score (nSPS) is 12.5. The second kappa shape index (κ2) is 8.86. The molecule has 0 spiro atoms. The van der Waals surface area contributed by atoms with E-state index in [1.807, 2.05) is 24.3 Å². The maximum absolute atomic E-state index is 13.0. The van der Waals surface area contributed by atoms with Gasteiger partial charge in [0.05, 0.1) is 16.8 Å². The molecule has 0 aromatic heterocycles. The molecule has 2 aromatic rings. The first-order chi connectivity index (χ1) is 13.4. The van der Waals surface area contributed by atoms with E-state index in [2.05, 4.69) is 31.7 Å². The Labute approximate surface area is 175 Å². The van der Waals surface area contributed by atoms with E-state index < -0.39 is 23.3 Å². The van der Waals surface area contributed by atoms with Crippen LogP contribution in [0.3, 0.4) is 0 Å². The summed E-state index contributed by atoms with van der Waals surface area (Å²) >= 11 is 2.87. The minimum absolute atomic E-state index is 0.0330. The molecule has 2 aromatic carbocycles. The van der Waals surface area contributed by atoms with Gasteiger partial charge in [0.2, 0.25) is 0 Å². The zero-order valence-corrected chi connectivity index (χ0v) is 17.9. The summed E-state index contributed by atoms with van der Waals surface area (Å²) in [5.74, 6) is 0. The van der Waals surface area contributed by atoms with Crippen molar-refractivity contribution in [1.29, 1.82) is 0 Å². The van der Waals surface area contributed by atoms with Crippen molar-refractivity contribution in [3.8, 4) is 0 Å². The lowest BCUT2D eigenvalue weighted by atomic mass is 9.92. The third-order valence-electron chi connectivity index (χ3n) is 4.19. The quantitative estimate of drug-likeness (QED) is 0.421. The average Bonchev–Trinajstić information content (AvgIpc) is 2.62. The van der Waals surface area contributed by atoms with E-state index in [-0.39, 0.29) is 10.2 Å². The number of amides is 2. The molecule has 2 rings (SSSR count). The summed E-state index contributed by atoms with van der Waals surface area (Å²) in [5, 5.41) is 9.12. The highest BCUT2D eigenvalue weighted by atomic mass is 79.9. The summed E-state index contributed by atoms with van der Waals surface area (Å²) < 4.78 is 39.0. The number of anilines is 1. The zero-order valence-electron chi connectivity index (χ0n) is 16.3. The summed E-state index contributed by atoms with van der Waals surface area (Å²) in [6.45, 7) is 5.37. The number of rotatable bonds is 5. The lowest BCUT2D eigenvalue weighted by Gasteiger charge is -2.27. The molecule has 0 bridgehead atoms. The first-order valence-electron chi connectivity index (χ1n) is 8.58. The molecule has 2 N–H and O–H groups in total. The van der Waals surface area contributed by atoms with E-state index in [0.29, 0.717) is 5.71 Å². The fraction of sp³-hybridized carbons (Fsp3) is 0.300. The largest absolute Gasteiger partial charge is 0.417 e. The van der Waals surface area contributed by atoms with Gasteiger partial charge in [0.15, 0.2) is 0 Å². The molecule has 0 fully saturated rings. The monoisotopic (exact) mass is 471 g/mol. The molecule has 0 heterocycles. The third kappa shape index (κ3) is 5.96. The van der Waals surface area contributed by atoms with Gasteiger partial charge in [-0.05, 0) is 56.2 Å². The van der Waals surface area contributed by atoms with Gasteiger partial charge in [0, 0.05) is 10.2 Å². The Bertz CT molecular complexity index is 927. The number of alkyl halides is 3. The Morgan fingerprint density at radius 3 is 2.45 bits per heavy atom. The maximum atomic E-state index is 13.0. The van der Waals surface area contributed by atoms with Gasteiger partial charge >= 0.3 is 12.2 Å². The molecule has 0 saturated heterocycles. The summed E-state index contributed by atoms with van der Waals surface area (Å²) in [7, 11) is 1.45. The minimum atomic E-state index is -4.53. The standard InChI is InChI=1S/C20H21BrF3N3O2/c1-12(27-29-4)13-6-5-7-14(10-13)19(2,3)26-18(28)25-15-8-9-17(21)16(11-15)20(22,23)24/h5-11H,1-4H3,(H2,25,26,28)/b27-12+. The van der Waals surface area contributed by atoms with Crippen LogP contribution < -0.4 is 10.6 Å². The first kappa shape index (κ1) is 22.7. The van der Waals surface area contributed by atoms with Crippen LogP contribution >= 0.6 is 15.9 Å². The van der Waals surface area contributed by atoms with Crippen LogP contribution in [0.4, 0.5) is 23.7 Å². The number of benzene rings is 2. The van der Waals surface area contributed by atoms with Crippen LogP contribution in [0, 0.1) is 0 Å². The molecule has 2 amide bonds. The fourth-order valence-corrected chi connectivity index (χ4v) is 3.13. The molecule has 0 aliphatic heterocycles. The van der Waals surface area contributed by atoms with Crippen molar-refractivity contribution < 1.29 is 22.8 Å². The predicted molar refractivity (Wildman–Crippen MR) is 110 cm³/mol. The van der Waals surface area contributed by atoms with Crippen molar-refractivity contribution in [1.82, 2.24) is 5.32 Å². The highest BCUT2D eigenvalue weighted by Crippen LogP contribution is 2.36. The van der Waals surface area contributed by atoms with Crippen LogP contribution in [0.1, 0.15) is 37.5 Å². The third-order valence-corrected chi connectivity index (χ3v) is 4.88. The molecule has 9 heteroatoms. The van der Waals surface area contributed by atoms with Gasteiger partial charge < -0.3 is 15.5 Å². The molecule has 0 atom stereocenters. The van der Waals surface area contributed by atoms with Crippen LogP contribution in [0.2, 0.25) is 0 Å². The number of nitrogens with one attached hydrogen (secondary N) is 2. The van der Waals surface area contributed by atoms with Gasteiger partial charge in [-0.1, -0.05) is 39.3 Å². The molecule has 0 saturated carbocycles. The molecule has 0 aliphatic rings. The lowest BCUT2D eigenvalue weighted by molar-refractivity contribution is -0.138.